The summed E-state index contributed by atoms with van der Waals surface area (Å²) in [4.78, 5) is 15.9. The van der Waals surface area contributed by atoms with Crippen molar-refractivity contribution in [2.24, 2.45) is 0 Å². The Balaban J connectivity index is 2.14. The van der Waals surface area contributed by atoms with Crippen LogP contribution in [0.5, 0.6) is 0 Å². The number of fused-ring (bicyclic) bond motifs is 2. The smallest absolute Gasteiger partial charge is 0.338 e. The first-order valence-corrected chi connectivity index (χ1v) is 9.83. The normalized spacial score (nSPS) is 13.2. The number of carbonyl (C=O) groups is 1. The zero-order valence-electron chi connectivity index (χ0n) is 17.6. The van der Waals surface area contributed by atoms with Gasteiger partial charge in [0.1, 0.15) is 0 Å². The third-order valence-electron chi connectivity index (χ3n) is 5.40. The second-order valence-electron chi connectivity index (χ2n) is 8.25. The minimum Gasteiger partial charge on any atom is -0.479 e. The zero-order valence-corrected chi connectivity index (χ0v) is 17.6. The summed E-state index contributed by atoms with van der Waals surface area (Å²) in [5.41, 5.74) is 1.62. The van der Waals surface area contributed by atoms with Crippen molar-refractivity contribution in [2.75, 3.05) is 13.7 Å². The van der Waals surface area contributed by atoms with Gasteiger partial charge in [-0.25, -0.2) is 22.9 Å². The van der Waals surface area contributed by atoms with Crippen LogP contribution in [0.1, 0.15) is 25.1 Å². The molecule has 0 bridgehead atoms. The van der Waals surface area contributed by atoms with Crippen LogP contribution >= 0.6 is 0 Å². The minimum absolute atomic E-state index is 0.198. The van der Waals surface area contributed by atoms with Gasteiger partial charge >= 0.3 is 5.97 Å². The van der Waals surface area contributed by atoms with Gasteiger partial charge in [0.2, 0.25) is 6.17 Å². The second-order valence-corrected chi connectivity index (χ2v) is 8.25. The Morgan fingerprint density at radius 1 is 1.28 bits per heavy atom. The number of carboxylic acid groups (broad SMARTS) is 1. The number of aromatic amines is 1. The average Bonchev–Trinajstić information content (AvgIpc) is 3.30. The molecule has 3 aromatic heterocycles. The summed E-state index contributed by atoms with van der Waals surface area (Å²) < 4.78 is 49.4. The molecule has 4 aromatic rings. The molecule has 32 heavy (non-hydrogen) atoms. The molecule has 2 N–H and O–H groups in total. The number of rotatable bonds is 7. The average molecular weight is 446 g/mol. The van der Waals surface area contributed by atoms with Crippen LogP contribution in [0.15, 0.2) is 30.5 Å². The largest absolute Gasteiger partial charge is 0.479 e. The van der Waals surface area contributed by atoms with Crippen LogP contribution in [0.3, 0.4) is 0 Å². The first-order valence-electron chi connectivity index (χ1n) is 9.83. The number of nitrogens with one attached hydrogen (secondary N) is 1. The lowest BCUT2D eigenvalue weighted by atomic mass is 9.86. The zero-order chi connectivity index (χ0) is 23.2. The fourth-order valence-corrected chi connectivity index (χ4v) is 4.12. The molecule has 0 radical (unpaired) electrons. The van der Waals surface area contributed by atoms with E-state index in [4.69, 9.17) is 4.74 Å². The molecule has 168 valence electrons. The molecule has 0 aliphatic rings. The lowest BCUT2D eigenvalue weighted by Crippen LogP contribution is -2.29. The summed E-state index contributed by atoms with van der Waals surface area (Å²) in [6.07, 6.45) is -1.09. The van der Waals surface area contributed by atoms with Crippen LogP contribution in [-0.4, -0.2) is 50.7 Å². The fraction of sp³-hybridized carbons (Fsp3) is 0.318. The number of alkyl halides is 1. The number of hydrogen-bond donors (Lipinski definition) is 2. The number of carboxylic acids is 1. The Hall–Kier alpha value is -3.40. The highest BCUT2D eigenvalue weighted by Gasteiger charge is 2.34. The molecule has 0 aliphatic heterocycles. The molecule has 0 fully saturated rings. The highest BCUT2D eigenvalue weighted by Crippen LogP contribution is 2.39. The third kappa shape index (κ3) is 3.60. The predicted octanol–water partition coefficient (Wildman–Crippen LogP) is 4.07. The van der Waals surface area contributed by atoms with E-state index in [1.54, 1.807) is 16.8 Å². The van der Waals surface area contributed by atoms with Crippen molar-refractivity contribution < 1.29 is 27.8 Å². The Bertz CT molecular complexity index is 1330. The molecule has 1 atom stereocenters. The van der Waals surface area contributed by atoms with Crippen LogP contribution in [0.2, 0.25) is 0 Å². The molecular weight excluding hydrogens is 425 g/mol. The quantitative estimate of drug-likeness (QED) is 0.447. The molecule has 3 heterocycles. The first-order chi connectivity index (χ1) is 15.1. The van der Waals surface area contributed by atoms with Gasteiger partial charge in [-0.1, -0.05) is 13.8 Å². The van der Waals surface area contributed by atoms with Crippen molar-refractivity contribution in [1.82, 2.24) is 19.7 Å². The van der Waals surface area contributed by atoms with Crippen molar-refractivity contribution in [3.05, 3.63) is 53.4 Å². The Labute approximate surface area is 180 Å². The number of hydrogen-bond acceptors (Lipinski definition) is 4. The molecule has 0 saturated carbocycles. The highest BCUT2D eigenvalue weighted by atomic mass is 19.2. The summed E-state index contributed by atoms with van der Waals surface area (Å²) in [6, 6.07) is 5.18. The molecule has 0 unspecified atom stereocenters. The van der Waals surface area contributed by atoms with E-state index >= 15 is 0 Å². The molecule has 0 saturated heterocycles. The summed E-state index contributed by atoms with van der Waals surface area (Å²) in [5.74, 6) is -3.65. The Morgan fingerprint density at radius 3 is 2.69 bits per heavy atom. The summed E-state index contributed by atoms with van der Waals surface area (Å²) in [5, 5.41) is 16.6. The Kier molecular flexibility index (Phi) is 5.41. The van der Waals surface area contributed by atoms with E-state index in [-0.39, 0.29) is 12.3 Å². The number of aliphatic carboxylic acids is 1. The summed E-state index contributed by atoms with van der Waals surface area (Å²) in [6.45, 7) is 3.88. The van der Waals surface area contributed by atoms with Crippen LogP contribution in [0.25, 0.3) is 27.8 Å². The van der Waals surface area contributed by atoms with Crippen molar-refractivity contribution >= 4 is 28.0 Å². The van der Waals surface area contributed by atoms with E-state index in [9.17, 15) is 23.1 Å². The molecule has 0 amide bonds. The van der Waals surface area contributed by atoms with Gasteiger partial charge in [-0.2, -0.15) is 5.10 Å². The van der Waals surface area contributed by atoms with E-state index in [1.807, 2.05) is 13.8 Å². The number of aromatic nitrogens is 4. The summed E-state index contributed by atoms with van der Waals surface area (Å²) in [7, 11) is 1.51. The van der Waals surface area contributed by atoms with Crippen LogP contribution in [0.4, 0.5) is 13.2 Å². The summed E-state index contributed by atoms with van der Waals surface area (Å²) >= 11 is 0. The molecule has 0 spiro atoms. The highest BCUT2D eigenvalue weighted by molar-refractivity contribution is 5.94. The van der Waals surface area contributed by atoms with Gasteiger partial charge in [-0.3, -0.25) is 5.10 Å². The molecule has 1 aromatic carbocycles. The van der Waals surface area contributed by atoms with Crippen LogP contribution < -0.4 is 0 Å². The fourth-order valence-electron chi connectivity index (χ4n) is 4.12. The number of halogens is 3. The topological polar surface area (TPSA) is 93.0 Å². The molecule has 7 nitrogen and oxygen atoms in total. The molecule has 10 heteroatoms. The molecular formula is C22H21F3N4O3. The van der Waals surface area contributed by atoms with Gasteiger partial charge in [0.05, 0.1) is 23.8 Å². The number of nitrogens with zero attached hydrogens (tertiary/aromatic N) is 3. The number of methoxy groups -OCH3 is 1. The number of H-pyrrole nitrogens is 1. The van der Waals surface area contributed by atoms with E-state index < -0.39 is 35.6 Å². The van der Waals surface area contributed by atoms with Crippen molar-refractivity contribution in [3.8, 4) is 5.69 Å². The van der Waals surface area contributed by atoms with Crippen molar-refractivity contribution in [2.45, 2.75) is 31.9 Å². The first kappa shape index (κ1) is 21.8. The second kappa shape index (κ2) is 7.94. The van der Waals surface area contributed by atoms with Crippen LogP contribution in [0, 0.1) is 11.6 Å². The Morgan fingerprint density at radius 2 is 2.03 bits per heavy atom. The number of benzene rings is 1. The third-order valence-corrected chi connectivity index (χ3v) is 5.40. The van der Waals surface area contributed by atoms with E-state index in [0.29, 0.717) is 33.3 Å². The van der Waals surface area contributed by atoms with Gasteiger partial charge in [0, 0.05) is 47.3 Å². The SMILES string of the molecule is COCC(C)(C)c1c(C[C@H](F)C(=O)O)c2nc3[nH]ncc3cc2n1-c1ccc(F)c(F)c1. The predicted molar refractivity (Wildman–Crippen MR) is 112 cm³/mol. The number of ether oxygens (including phenoxy) is 1. The van der Waals surface area contributed by atoms with E-state index in [2.05, 4.69) is 15.2 Å². The lowest BCUT2D eigenvalue weighted by molar-refractivity contribution is -0.142. The van der Waals surface area contributed by atoms with E-state index in [0.717, 1.165) is 12.1 Å². The maximum Gasteiger partial charge on any atom is 0.338 e. The monoisotopic (exact) mass is 446 g/mol. The molecule has 0 aliphatic carbocycles. The lowest BCUT2D eigenvalue weighted by Gasteiger charge is -2.28. The van der Waals surface area contributed by atoms with Crippen molar-refractivity contribution in [3.63, 3.8) is 0 Å². The maximum absolute atomic E-state index is 14.5. The van der Waals surface area contributed by atoms with Crippen molar-refractivity contribution in [1.29, 1.82) is 0 Å². The van der Waals surface area contributed by atoms with Gasteiger partial charge in [-0.15, -0.1) is 0 Å². The van der Waals surface area contributed by atoms with Gasteiger partial charge in [0.15, 0.2) is 17.3 Å². The van der Waals surface area contributed by atoms with Gasteiger partial charge in [0.25, 0.3) is 0 Å². The van der Waals surface area contributed by atoms with E-state index in [1.165, 1.54) is 13.2 Å². The van der Waals surface area contributed by atoms with Gasteiger partial charge in [-0.05, 0) is 18.2 Å². The minimum atomic E-state index is -2.18. The standard InChI is InChI=1S/C22H21F3N4O3/c1-22(2,10-32-3)19-13(8-16(25)21(30)31)18-17(6-11-9-26-28-20(11)27-18)29(19)12-4-5-14(23)15(24)7-12/h4-7,9,16H,8,10H2,1-3H3,(H,30,31)(H,26,27,28)/t16-/m0/s1. The maximum atomic E-state index is 14.5. The molecule has 4 rings (SSSR count). The van der Waals surface area contributed by atoms with Crippen LogP contribution in [-0.2, 0) is 21.4 Å². The number of pyridine rings is 1. The van der Waals surface area contributed by atoms with Gasteiger partial charge < -0.3 is 14.4 Å².